The summed E-state index contributed by atoms with van der Waals surface area (Å²) in [4.78, 5) is 4.27. The van der Waals surface area contributed by atoms with Crippen LogP contribution in [0.1, 0.15) is 0 Å². The largest absolute Gasteiger partial charge is 0.310 e. The molecule has 0 spiro atoms. The van der Waals surface area contributed by atoms with Crippen LogP contribution in [0.25, 0.3) is 98.4 Å². The van der Waals surface area contributed by atoms with Crippen molar-refractivity contribution in [1.82, 2.24) is 8.80 Å². The molecule has 338 valence electrons. The number of benzene rings is 11. The molecule has 0 fully saturated rings. The van der Waals surface area contributed by atoms with Crippen molar-refractivity contribution in [1.29, 1.82) is 0 Å². The number of nitrogens with zero attached hydrogens (tertiary/aromatic N) is 4. The molecule has 0 saturated carbocycles. The minimum atomic E-state index is -0.285. The summed E-state index contributed by atoms with van der Waals surface area (Å²) in [5.74, 6) is -0.569. The van der Waals surface area contributed by atoms with Gasteiger partial charge in [0.1, 0.15) is 11.6 Å². The van der Waals surface area contributed by atoms with Crippen molar-refractivity contribution in [3.05, 3.63) is 254 Å². The molecule has 0 radical (unpaired) electrons. The second-order valence-corrected chi connectivity index (χ2v) is 18.7. The highest BCUT2D eigenvalue weighted by Gasteiger charge is 2.31. The summed E-state index contributed by atoms with van der Waals surface area (Å²) >= 11 is 0. The molecule has 0 N–H and O–H groups in total. The molecule has 0 amide bonds. The van der Waals surface area contributed by atoms with Crippen molar-refractivity contribution in [3.8, 4) is 22.3 Å². The molecule has 0 aliphatic heterocycles. The molecule has 0 saturated heterocycles. The van der Waals surface area contributed by atoms with E-state index >= 15 is 0 Å². The quantitative estimate of drug-likeness (QED) is 0.151. The van der Waals surface area contributed by atoms with E-state index in [-0.39, 0.29) is 11.6 Å². The average molecular weight is 927 g/mol. The third-order valence-electron chi connectivity index (χ3n) is 14.8. The smallest absolute Gasteiger partial charge is 0.125 e. The number of rotatable bonds is 8. The second kappa shape index (κ2) is 15.5. The molecule has 15 rings (SSSR count). The molecule has 6 heteroatoms. The highest BCUT2D eigenvalue weighted by molar-refractivity contribution is 6.38. The lowest BCUT2D eigenvalue weighted by molar-refractivity contribution is 0.627. The summed E-state index contributed by atoms with van der Waals surface area (Å²) < 4.78 is 35.0. The van der Waals surface area contributed by atoms with E-state index in [9.17, 15) is 8.78 Å². The number of hydrogen-bond acceptors (Lipinski definition) is 2. The first kappa shape index (κ1) is 40.4. The fourth-order valence-corrected chi connectivity index (χ4v) is 12.0. The van der Waals surface area contributed by atoms with Gasteiger partial charge in [-0.05, 0) is 108 Å². The highest BCUT2D eigenvalue weighted by atomic mass is 19.1. The van der Waals surface area contributed by atoms with Crippen molar-refractivity contribution < 1.29 is 8.78 Å². The van der Waals surface area contributed by atoms with E-state index < -0.39 is 0 Å². The van der Waals surface area contributed by atoms with Gasteiger partial charge < -0.3 is 18.6 Å². The number of hydrogen-bond donors (Lipinski definition) is 0. The Morgan fingerprint density at radius 1 is 0.264 bits per heavy atom. The molecule has 15 aromatic rings. The molecule has 0 unspecified atom stereocenters. The molecule has 72 heavy (non-hydrogen) atoms. The maximum atomic E-state index is 15.0. The van der Waals surface area contributed by atoms with Crippen molar-refractivity contribution in [2.45, 2.75) is 0 Å². The fourth-order valence-electron chi connectivity index (χ4n) is 12.0. The van der Waals surface area contributed by atoms with Crippen LogP contribution in [0.5, 0.6) is 0 Å². The third-order valence-corrected chi connectivity index (χ3v) is 14.8. The first-order valence-corrected chi connectivity index (χ1v) is 24.3. The van der Waals surface area contributed by atoms with Crippen molar-refractivity contribution >= 4 is 110 Å². The minimum absolute atomic E-state index is 0.285. The molecule has 4 aromatic heterocycles. The van der Waals surface area contributed by atoms with Crippen molar-refractivity contribution in [2.75, 3.05) is 9.80 Å². The second-order valence-electron chi connectivity index (χ2n) is 18.7. The maximum absolute atomic E-state index is 15.0. The van der Waals surface area contributed by atoms with Gasteiger partial charge in [0.15, 0.2) is 0 Å². The third kappa shape index (κ3) is 5.78. The number of para-hydroxylation sites is 4. The van der Waals surface area contributed by atoms with Crippen LogP contribution in [0.15, 0.2) is 243 Å². The molecular weight excluding hydrogens is 887 g/mol. The zero-order valence-corrected chi connectivity index (χ0v) is 38.6. The summed E-state index contributed by atoms with van der Waals surface area (Å²) in [6.45, 7) is 0. The Labute approximate surface area is 412 Å². The van der Waals surface area contributed by atoms with E-state index in [2.05, 4.69) is 176 Å². The SMILES string of the molecule is Fc1cccc(N(c2ccccc2)c2ccc3c(c2)c2cccc4c5c(-c6ccccc6)c6c(c(-c7ccccc7)c5n3c24)c2cccc3c4cc(N(c5ccccc5)c5cccc(F)c5)ccc4n6c32)c1. The van der Waals surface area contributed by atoms with E-state index in [0.717, 1.165) is 99.9 Å². The number of anilines is 6. The van der Waals surface area contributed by atoms with Gasteiger partial charge in [-0.15, -0.1) is 0 Å². The Morgan fingerprint density at radius 3 is 1.01 bits per heavy atom. The van der Waals surface area contributed by atoms with E-state index in [1.165, 1.54) is 44.8 Å². The average Bonchev–Trinajstić information content (AvgIpc) is 4.16. The standard InChI is InChI=1S/C66H40F2N4/c67-43-21-13-27-47(37-43)69(45-23-9-3-10-24-45)49-33-35-57-55(39-49)52-30-16-32-54-62-60(42-19-7-2-8-20-42)66-61(59(41-17-5-1-6-18-41)65(62)71(57)64(52)54)53-31-15-29-51-56-40-50(34-36-58(56)72(66)63(51)53)70(46-25-11-4-12-26-46)48-28-14-22-44(68)38-48/h1-40H. The Kier molecular flexibility index (Phi) is 8.69. The van der Waals surface area contributed by atoms with Crippen LogP contribution in [0.2, 0.25) is 0 Å². The normalized spacial score (nSPS) is 12.0. The van der Waals surface area contributed by atoms with Gasteiger partial charge >= 0.3 is 0 Å². The molecule has 4 nitrogen and oxygen atoms in total. The highest BCUT2D eigenvalue weighted by Crippen LogP contribution is 2.54. The lowest BCUT2D eigenvalue weighted by atomic mass is 9.89. The van der Waals surface area contributed by atoms with Crippen LogP contribution in [-0.4, -0.2) is 8.80 Å². The predicted octanol–water partition coefficient (Wildman–Crippen LogP) is 18.5. The maximum Gasteiger partial charge on any atom is 0.125 e. The minimum Gasteiger partial charge on any atom is -0.310 e. The van der Waals surface area contributed by atoms with Gasteiger partial charge in [0.2, 0.25) is 0 Å². The molecule has 0 aliphatic carbocycles. The van der Waals surface area contributed by atoms with Crippen LogP contribution in [-0.2, 0) is 0 Å². The number of aromatic nitrogens is 2. The fraction of sp³-hybridized carbons (Fsp3) is 0. The molecule has 11 aromatic carbocycles. The van der Waals surface area contributed by atoms with Gasteiger partial charge in [0, 0.05) is 88.3 Å². The summed E-state index contributed by atoms with van der Waals surface area (Å²) in [7, 11) is 0. The molecule has 0 aliphatic rings. The summed E-state index contributed by atoms with van der Waals surface area (Å²) in [5, 5.41) is 9.25. The first-order valence-electron chi connectivity index (χ1n) is 24.3. The monoisotopic (exact) mass is 926 g/mol. The van der Waals surface area contributed by atoms with Crippen LogP contribution in [0, 0.1) is 11.6 Å². The van der Waals surface area contributed by atoms with E-state index in [1.807, 2.05) is 48.5 Å². The zero-order valence-electron chi connectivity index (χ0n) is 38.6. The molecular formula is C66H40F2N4. The predicted molar refractivity (Wildman–Crippen MR) is 296 cm³/mol. The van der Waals surface area contributed by atoms with Crippen LogP contribution < -0.4 is 9.80 Å². The van der Waals surface area contributed by atoms with Gasteiger partial charge in [-0.25, -0.2) is 8.78 Å². The van der Waals surface area contributed by atoms with Crippen molar-refractivity contribution in [3.63, 3.8) is 0 Å². The summed E-state index contributed by atoms with van der Waals surface area (Å²) in [6, 6.07) is 82.7. The number of fused-ring (bicyclic) bond motifs is 12. The van der Waals surface area contributed by atoms with Crippen LogP contribution in [0.4, 0.5) is 42.9 Å². The Bertz CT molecular complexity index is 4290. The Morgan fingerprint density at radius 2 is 0.611 bits per heavy atom. The lowest BCUT2D eigenvalue weighted by Crippen LogP contribution is -2.10. The van der Waals surface area contributed by atoms with Crippen molar-refractivity contribution in [2.24, 2.45) is 0 Å². The Balaban J connectivity index is 1.08. The number of halogens is 2. The topological polar surface area (TPSA) is 15.3 Å². The Hall–Kier alpha value is -9.52. The molecule has 0 atom stereocenters. The van der Waals surface area contributed by atoms with E-state index in [4.69, 9.17) is 0 Å². The van der Waals surface area contributed by atoms with E-state index in [0.29, 0.717) is 0 Å². The first-order chi connectivity index (χ1) is 35.6. The van der Waals surface area contributed by atoms with E-state index in [1.54, 1.807) is 24.3 Å². The molecule has 0 bridgehead atoms. The van der Waals surface area contributed by atoms with Gasteiger partial charge in [-0.1, -0.05) is 146 Å². The van der Waals surface area contributed by atoms with Gasteiger partial charge in [-0.2, -0.15) is 0 Å². The van der Waals surface area contributed by atoms with Gasteiger partial charge in [0.25, 0.3) is 0 Å². The zero-order chi connectivity index (χ0) is 47.6. The molecule has 4 heterocycles. The van der Waals surface area contributed by atoms with Crippen LogP contribution in [0.3, 0.4) is 0 Å². The lowest BCUT2D eigenvalue weighted by Gasteiger charge is -2.25. The summed E-state index contributed by atoms with van der Waals surface area (Å²) in [6.07, 6.45) is 0. The van der Waals surface area contributed by atoms with Gasteiger partial charge in [-0.3, -0.25) is 0 Å². The summed E-state index contributed by atoms with van der Waals surface area (Å²) in [5.41, 5.74) is 16.7. The van der Waals surface area contributed by atoms with Crippen LogP contribution >= 0.6 is 0 Å². The van der Waals surface area contributed by atoms with Gasteiger partial charge in [0.05, 0.1) is 33.1 Å².